The summed E-state index contributed by atoms with van der Waals surface area (Å²) < 4.78 is 5.21. The van der Waals surface area contributed by atoms with Gasteiger partial charge in [-0.3, -0.25) is 9.78 Å². The van der Waals surface area contributed by atoms with E-state index < -0.39 is 12.1 Å². The number of ether oxygens (including phenoxy) is 1. The summed E-state index contributed by atoms with van der Waals surface area (Å²) in [6, 6.07) is 26.2. The van der Waals surface area contributed by atoms with Gasteiger partial charge in [-0.25, -0.2) is 4.79 Å². The predicted molar refractivity (Wildman–Crippen MR) is 146 cm³/mol. The lowest BCUT2D eigenvalue weighted by atomic mass is 9.89. The van der Waals surface area contributed by atoms with Gasteiger partial charge in [0.25, 0.3) is 0 Å². The first kappa shape index (κ1) is 25.9. The molecule has 1 heterocycles. The maximum atomic E-state index is 12.9. The van der Waals surface area contributed by atoms with Crippen molar-refractivity contribution in [1.82, 2.24) is 15.6 Å². The Morgan fingerprint density at radius 2 is 1.59 bits per heavy atom. The zero-order valence-electron chi connectivity index (χ0n) is 21.1. The largest absolute Gasteiger partial charge is 0.412 e. The number of aryl methyl sites for hydroxylation is 1. The fourth-order valence-corrected chi connectivity index (χ4v) is 4.45. The van der Waals surface area contributed by atoms with Crippen LogP contribution >= 0.6 is 0 Å². The van der Waals surface area contributed by atoms with Crippen molar-refractivity contribution >= 4 is 22.9 Å². The summed E-state index contributed by atoms with van der Waals surface area (Å²) >= 11 is 0. The first-order valence-electron chi connectivity index (χ1n) is 12.4. The Labute approximate surface area is 217 Å². The average Bonchev–Trinajstić information content (AvgIpc) is 2.88. The lowest BCUT2D eigenvalue weighted by molar-refractivity contribution is -0.122. The van der Waals surface area contributed by atoms with Crippen molar-refractivity contribution < 1.29 is 14.3 Å². The SMILES string of the molecule is Cc1nc2ccccc2c(-c2ccccc2)c1C(N)CC(=O)NC(C)CCNC(=O)Oc1ccccc1. The predicted octanol–water partition coefficient (Wildman–Crippen LogP) is 5.28. The summed E-state index contributed by atoms with van der Waals surface area (Å²) in [5.74, 6) is 0.321. The van der Waals surface area contributed by atoms with Gasteiger partial charge in [0.2, 0.25) is 5.91 Å². The van der Waals surface area contributed by atoms with Gasteiger partial charge in [-0.15, -0.1) is 0 Å². The number of fused-ring (bicyclic) bond motifs is 1. The topological polar surface area (TPSA) is 106 Å². The number of pyridine rings is 1. The third-order valence-electron chi connectivity index (χ3n) is 6.17. The van der Waals surface area contributed by atoms with Gasteiger partial charge in [-0.05, 0) is 55.2 Å². The molecule has 2 atom stereocenters. The van der Waals surface area contributed by atoms with E-state index in [-0.39, 0.29) is 18.4 Å². The van der Waals surface area contributed by atoms with Gasteiger partial charge in [0.15, 0.2) is 0 Å². The Bertz CT molecular complexity index is 1360. The van der Waals surface area contributed by atoms with Crippen LogP contribution in [0.15, 0.2) is 84.9 Å². The molecule has 0 radical (unpaired) electrons. The third-order valence-corrected chi connectivity index (χ3v) is 6.17. The van der Waals surface area contributed by atoms with Crippen LogP contribution < -0.4 is 21.1 Å². The number of hydrogen-bond donors (Lipinski definition) is 3. The van der Waals surface area contributed by atoms with E-state index in [1.54, 1.807) is 24.3 Å². The quantitative estimate of drug-likeness (QED) is 0.292. The lowest BCUT2D eigenvalue weighted by Gasteiger charge is -2.22. The molecule has 4 N–H and O–H groups in total. The molecule has 0 fully saturated rings. The Hall–Kier alpha value is -4.23. The molecule has 190 valence electrons. The van der Waals surface area contributed by atoms with Crippen LogP contribution in [0.5, 0.6) is 5.75 Å². The maximum absolute atomic E-state index is 12.9. The van der Waals surface area contributed by atoms with E-state index in [1.807, 2.05) is 62.4 Å². The van der Waals surface area contributed by atoms with E-state index in [1.165, 1.54) is 0 Å². The van der Waals surface area contributed by atoms with Crippen molar-refractivity contribution in [2.24, 2.45) is 5.73 Å². The molecule has 37 heavy (non-hydrogen) atoms. The van der Waals surface area contributed by atoms with Gasteiger partial charge in [-0.1, -0.05) is 66.7 Å². The molecular formula is C30H32N4O3. The molecule has 0 saturated carbocycles. The lowest BCUT2D eigenvalue weighted by Crippen LogP contribution is -2.38. The molecule has 4 rings (SSSR count). The molecular weight excluding hydrogens is 464 g/mol. The number of aromatic nitrogens is 1. The van der Waals surface area contributed by atoms with Gasteiger partial charge in [0, 0.05) is 36.1 Å². The molecule has 0 aliphatic heterocycles. The van der Waals surface area contributed by atoms with Gasteiger partial charge >= 0.3 is 6.09 Å². The van der Waals surface area contributed by atoms with Crippen molar-refractivity contribution in [1.29, 1.82) is 0 Å². The van der Waals surface area contributed by atoms with Crippen LogP contribution in [0.25, 0.3) is 22.0 Å². The van der Waals surface area contributed by atoms with Crippen molar-refractivity contribution in [3.8, 4) is 16.9 Å². The Morgan fingerprint density at radius 3 is 2.32 bits per heavy atom. The van der Waals surface area contributed by atoms with Crippen LogP contribution in [0, 0.1) is 6.92 Å². The van der Waals surface area contributed by atoms with Gasteiger partial charge in [0.05, 0.1) is 5.52 Å². The number of nitrogens with one attached hydrogen (secondary N) is 2. The van der Waals surface area contributed by atoms with Crippen molar-refractivity contribution in [3.63, 3.8) is 0 Å². The number of para-hydroxylation sites is 2. The van der Waals surface area contributed by atoms with Gasteiger partial charge < -0.3 is 21.1 Å². The average molecular weight is 497 g/mol. The molecule has 0 aliphatic carbocycles. The number of carbonyl (C=O) groups excluding carboxylic acids is 2. The van der Waals surface area contributed by atoms with Gasteiger partial charge in [-0.2, -0.15) is 0 Å². The number of rotatable bonds is 9. The smallest absolute Gasteiger partial charge is 0.410 e. The maximum Gasteiger partial charge on any atom is 0.412 e. The second-order valence-corrected chi connectivity index (χ2v) is 9.07. The van der Waals surface area contributed by atoms with E-state index in [0.717, 1.165) is 33.3 Å². The molecule has 0 aliphatic rings. The van der Waals surface area contributed by atoms with Crippen LogP contribution in [0.3, 0.4) is 0 Å². The van der Waals surface area contributed by atoms with Gasteiger partial charge in [0.1, 0.15) is 5.75 Å². The molecule has 1 aromatic heterocycles. The van der Waals surface area contributed by atoms with Crippen LogP contribution in [0.4, 0.5) is 4.79 Å². The highest BCUT2D eigenvalue weighted by atomic mass is 16.6. The second kappa shape index (κ2) is 12.1. The third kappa shape index (κ3) is 6.71. The minimum absolute atomic E-state index is 0.120. The second-order valence-electron chi connectivity index (χ2n) is 9.07. The van der Waals surface area contributed by atoms with Crippen molar-refractivity contribution in [2.45, 2.75) is 38.8 Å². The molecule has 7 heteroatoms. The summed E-state index contributed by atoms with van der Waals surface area (Å²) in [6.45, 7) is 4.20. The summed E-state index contributed by atoms with van der Waals surface area (Å²) in [5.41, 5.74) is 11.3. The number of benzene rings is 3. The van der Waals surface area contributed by atoms with E-state index in [2.05, 4.69) is 22.8 Å². The minimum Gasteiger partial charge on any atom is -0.410 e. The molecule has 7 nitrogen and oxygen atoms in total. The zero-order valence-corrected chi connectivity index (χ0v) is 21.1. The number of nitrogens with two attached hydrogens (primary N) is 1. The standard InChI is InChI=1S/C30H32N4O3/c1-20(17-18-32-30(36)37-23-13-7-4-8-14-23)33-27(35)19-25(31)28-21(2)34-26-16-10-9-15-24(26)29(28)22-11-5-3-6-12-22/h3-16,20,25H,17-19,31H2,1-2H3,(H,32,36)(H,33,35). The molecule has 2 amide bonds. The van der Waals surface area contributed by atoms with Crippen molar-refractivity contribution in [2.75, 3.05) is 6.54 Å². The summed E-state index contributed by atoms with van der Waals surface area (Å²) in [5, 5.41) is 6.70. The Morgan fingerprint density at radius 1 is 0.946 bits per heavy atom. The highest BCUT2D eigenvalue weighted by Crippen LogP contribution is 2.36. The molecule has 4 aromatic rings. The van der Waals surface area contributed by atoms with E-state index in [4.69, 9.17) is 15.5 Å². The monoisotopic (exact) mass is 496 g/mol. The Balaban J connectivity index is 1.38. The van der Waals surface area contributed by atoms with Crippen LogP contribution in [-0.4, -0.2) is 29.6 Å². The Kier molecular flexibility index (Phi) is 8.48. The normalized spacial score (nSPS) is 12.5. The summed E-state index contributed by atoms with van der Waals surface area (Å²) in [6.07, 6.45) is 0.144. The number of hydrogen-bond acceptors (Lipinski definition) is 5. The van der Waals surface area contributed by atoms with E-state index in [9.17, 15) is 9.59 Å². The van der Waals surface area contributed by atoms with Crippen molar-refractivity contribution in [3.05, 3.63) is 96.2 Å². The fraction of sp³-hybridized carbons (Fsp3) is 0.233. The molecule has 2 unspecified atom stereocenters. The number of carbonyl (C=O) groups is 2. The number of nitrogens with zero attached hydrogens (tertiary/aromatic N) is 1. The number of amides is 2. The molecule has 0 bridgehead atoms. The first-order valence-corrected chi connectivity index (χ1v) is 12.4. The zero-order chi connectivity index (χ0) is 26.2. The molecule has 3 aromatic carbocycles. The molecule has 0 spiro atoms. The van der Waals surface area contributed by atoms with Crippen LogP contribution in [0.1, 0.15) is 37.1 Å². The van der Waals surface area contributed by atoms with E-state index >= 15 is 0 Å². The summed E-state index contributed by atoms with van der Waals surface area (Å²) in [7, 11) is 0. The molecule has 0 saturated heterocycles. The first-order chi connectivity index (χ1) is 17.9. The van der Waals surface area contributed by atoms with E-state index in [0.29, 0.717) is 18.7 Å². The summed E-state index contributed by atoms with van der Waals surface area (Å²) in [4.78, 5) is 29.6. The van der Waals surface area contributed by atoms with Crippen LogP contribution in [0.2, 0.25) is 0 Å². The highest BCUT2D eigenvalue weighted by Gasteiger charge is 2.22. The van der Waals surface area contributed by atoms with Crippen LogP contribution in [-0.2, 0) is 4.79 Å². The highest BCUT2D eigenvalue weighted by molar-refractivity contribution is 5.97. The fourth-order valence-electron chi connectivity index (χ4n) is 4.45. The minimum atomic E-state index is -0.529.